The molecule has 1 aromatic rings. The van der Waals surface area contributed by atoms with Crippen molar-refractivity contribution in [3.05, 3.63) is 12.0 Å². The average molecular weight is 287 g/mol. The lowest BCUT2D eigenvalue weighted by atomic mass is 10.6. The minimum Gasteiger partial charge on any atom is -0.480 e. The monoisotopic (exact) mass is 287 g/mol. The van der Waals surface area contributed by atoms with Gasteiger partial charge in [-0.15, -0.1) is 0 Å². The lowest BCUT2D eigenvalue weighted by molar-refractivity contribution is -0.137. The van der Waals surface area contributed by atoms with Gasteiger partial charge >= 0.3 is 5.97 Å². The number of hydrogen-bond donors (Lipinski definition) is 1. The second-order valence-electron chi connectivity index (χ2n) is 4.59. The third-order valence-corrected chi connectivity index (χ3v) is 4.88. The third-order valence-electron chi connectivity index (χ3n) is 3.11. The van der Waals surface area contributed by atoms with Gasteiger partial charge in [-0.25, -0.2) is 13.4 Å². The first-order valence-corrected chi connectivity index (χ1v) is 7.57. The Morgan fingerprint density at radius 1 is 1.58 bits per heavy atom. The molecule has 0 aliphatic heterocycles. The van der Waals surface area contributed by atoms with Gasteiger partial charge in [-0.1, -0.05) is 0 Å². The zero-order valence-corrected chi connectivity index (χ0v) is 11.7. The highest BCUT2D eigenvalue weighted by Gasteiger charge is 2.40. The zero-order valence-electron chi connectivity index (χ0n) is 10.9. The van der Waals surface area contributed by atoms with E-state index in [1.807, 2.05) is 6.92 Å². The molecule has 19 heavy (non-hydrogen) atoms. The van der Waals surface area contributed by atoms with Crippen molar-refractivity contribution in [2.75, 3.05) is 6.54 Å². The van der Waals surface area contributed by atoms with Crippen LogP contribution in [0.1, 0.15) is 25.6 Å². The quantitative estimate of drug-likeness (QED) is 0.820. The van der Waals surface area contributed by atoms with Gasteiger partial charge in [-0.3, -0.25) is 4.79 Å². The van der Waals surface area contributed by atoms with Crippen LogP contribution in [0.15, 0.2) is 11.2 Å². The second-order valence-corrected chi connectivity index (χ2v) is 6.42. The number of carboxylic acid groups (broad SMARTS) is 1. The van der Waals surface area contributed by atoms with Crippen LogP contribution in [0.25, 0.3) is 0 Å². The Hall–Kier alpha value is -1.41. The van der Waals surface area contributed by atoms with Gasteiger partial charge in [0.1, 0.15) is 12.4 Å². The first-order valence-electron chi connectivity index (χ1n) is 6.13. The molecular formula is C11H17N3O4S. The molecule has 1 fully saturated rings. The highest BCUT2D eigenvalue weighted by Crippen LogP contribution is 2.31. The lowest BCUT2D eigenvalue weighted by Crippen LogP contribution is -2.37. The van der Waals surface area contributed by atoms with Crippen LogP contribution in [-0.2, 0) is 21.4 Å². The molecule has 0 amide bonds. The molecule has 0 aromatic carbocycles. The largest absolute Gasteiger partial charge is 0.480 e. The molecule has 0 unspecified atom stereocenters. The molecule has 1 N–H and O–H groups in total. The Balaban J connectivity index is 2.35. The normalized spacial score (nSPS) is 15.9. The van der Waals surface area contributed by atoms with Crippen LogP contribution in [0.4, 0.5) is 0 Å². The summed E-state index contributed by atoms with van der Waals surface area (Å²) >= 11 is 0. The maximum Gasteiger partial charge on any atom is 0.318 e. The molecule has 1 aliphatic rings. The highest BCUT2D eigenvalue weighted by atomic mass is 32.2. The molecule has 7 nitrogen and oxygen atoms in total. The van der Waals surface area contributed by atoms with Crippen LogP contribution in [0.5, 0.6) is 0 Å². The van der Waals surface area contributed by atoms with Gasteiger partial charge in [-0.05, 0) is 26.7 Å². The second kappa shape index (κ2) is 4.93. The summed E-state index contributed by atoms with van der Waals surface area (Å²) in [5.74, 6) is -0.547. The Kier molecular flexibility index (Phi) is 3.64. The maximum atomic E-state index is 12.4. The molecule has 106 valence electrons. The summed E-state index contributed by atoms with van der Waals surface area (Å²) < 4.78 is 27.6. The van der Waals surface area contributed by atoms with Crippen LogP contribution in [-0.4, -0.2) is 45.9 Å². The van der Waals surface area contributed by atoms with Crippen molar-refractivity contribution in [2.24, 2.45) is 0 Å². The van der Waals surface area contributed by atoms with Crippen LogP contribution in [0, 0.1) is 6.92 Å². The Bertz CT molecular complexity index is 589. The standard InChI is InChI=1S/C11H17N3O4S/c1-3-13-6-10(12-8(13)2)19(17,18)14(7-11(15)16)9-4-5-9/h6,9H,3-5,7H2,1-2H3,(H,15,16). The van der Waals surface area contributed by atoms with E-state index in [-0.39, 0.29) is 11.1 Å². The van der Waals surface area contributed by atoms with E-state index in [1.165, 1.54) is 6.20 Å². The molecule has 0 atom stereocenters. The third kappa shape index (κ3) is 2.79. The van der Waals surface area contributed by atoms with Crippen molar-refractivity contribution < 1.29 is 18.3 Å². The topological polar surface area (TPSA) is 92.5 Å². The van der Waals surface area contributed by atoms with E-state index in [4.69, 9.17) is 5.11 Å². The summed E-state index contributed by atoms with van der Waals surface area (Å²) in [6, 6.07) is -0.201. The number of imidazole rings is 1. The molecular weight excluding hydrogens is 270 g/mol. The van der Waals surface area contributed by atoms with Crippen molar-refractivity contribution in [2.45, 2.75) is 44.3 Å². The number of nitrogens with zero attached hydrogens (tertiary/aromatic N) is 3. The van der Waals surface area contributed by atoms with E-state index in [1.54, 1.807) is 11.5 Å². The Labute approximate surface area is 111 Å². The van der Waals surface area contributed by atoms with Gasteiger partial charge in [0.2, 0.25) is 0 Å². The minimum atomic E-state index is -3.82. The molecule has 0 bridgehead atoms. The zero-order chi connectivity index (χ0) is 14.2. The fraction of sp³-hybridized carbons (Fsp3) is 0.636. The number of aliphatic carboxylic acids is 1. The van der Waals surface area contributed by atoms with Gasteiger partial charge < -0.3 is 9.67 Å². The molecule has 1 aromatic heterocycles. The van der Waals surface area contributed by atoms with Gasteiger partial charge in [0.25, 0.3) is 10.0 Å². The molecule has 1 aliphatic carbocycles. The molecule has 8 heteroatoms. The highest BCUT2D eigenvalue weighted by molar-refractivity contribution is 7.89. The number of carbonyl (C=O) groups is 1. The first-order chi connectivity index (χ1) is 8.86. The minimum absolute atomic E-state index is 0.0694. The van der Waals surface area contributed by atoms with Gasteiger partial charge in [-0.2, -0.15) is 4.31 Å². The Morgan fingerprint density at radius 3 is 2.63 bits per heavy atom. The fourth-order valence-electron chi connectivity index (χ4n) is 1.95. The summed E-state index contributed by atoms with van der Waals surface area (Å²) in [5.41, 5.74) is 0. The smallest absolute Gasteiger partial charge is 0.318 e. The first kappa shape index (κ1) is 14.0. The van der Waals surface area contributed by atoms with Crippen molar-refractivity contribution in [3.63, 3.8) is 0 Å². The van der Waals surface area contributed by atoms with Crippen molar-refractivity contribution >= 4 is 16.0 Å². The predicted octanol–water partition coefficient (Wildman–Crippen LogP) is 0.449. The number of aryl methyl sites for hydroxylation is 2. The van der Waals surface area contributed by atoms with E-state index in [2.05, 4.69) is 4.98 Å². The lowest BCUT2D eigenvalue weighted by Gasteiger charge is -2.18. The van der Waals surface area contributed by atoms with Crippen molar-refractivity contribution in [1.82, 2.24) is 13.9 Å². The number of rotatable bonds is 6. The molecule has 0 radical (unpaired) electrons. The van der Waals surface area contributed by atoms with Crippen molar-refractivity contribution in [1.29, 1.82) is 0 Å². The SMILES string of the molecule is CCn1cc(S(=O)(=O)N(CC(=O)O)C2CC2)nc1C. The number of sulfonamides is 1. The van der Waals surface area contributed by atoms with E-state index < -0.39 is 22.5 Å². The fourth-order valence-corrected chi connectivity index (χ4v) is 3.58. The van der Waals surface area contributed by atoms with Crippen LogP contribution in [0.3, 0.4) is 0 Å². The Morgan fingerprint density at radius 2 is 2.21 bits per heavy atom. The molecule has 1 saturated carbocycles. The van der Waals surface area contributed by atoms with Crippen LogP contribution >= 0.6 is 0 Å². The van der Waals surface area contributed by atoms with E-state index >= 15 is 0 Å². The van der Waals surface area contributed by atoms with Crippen molar-refractivity contribution in [3.8, 4) is 0 Å². The van der Waals surface area contributed by atoms with Gasteiger partial charge in [0, 0.05) is 18.8 Å². The molecule has 1 heterocycles. The number of carboxylic acids is 1. The van der Waals surface area contributed by atoms with Gasteiger partial charge in [0.05, 0.1) is 0 Å². The predicted molar refractivity (Wildman–Crippen MR) is 67.2 cm³/mol. The molecule has 0 spiro atoms. The number of aromatic nitrogens is 2. The number of hydrogen-bond acceptors (Lipinski definition) is 4. The summed E-state index contributed by atoms with van der Waals surface area (Å²) in [5, 5.41) is 8.78. The van der Waals surface area contributed by atoms with Crippen LogP contribution in [0.2, 0.25) is 0 Å². The molecule has 2 rings (SSSR count). The maximum absolute atomic E-state index is 12.4. The summed E-state index contributed by atoms with van der Waals surface area (Å²) in [6.45, 7) is 3.73. The average Bonchev–Trinajstić information content (AvgIpc) is 3.08. The summed E-state index contributed by atoms with van der Waals surface area (Å²) in [4.78, 5) is 14.8. The summed E-state index contributed by atoms with van der Waals surface area (Å²) in [6.07, 6.45) is 2.88. The molecule has 0 saturated heterocycles. The summed E-state index contributed by atoms with van der Waals surface area (Å²) in [7, 11) is -3.82. The van der Waals surface area contributed by atoms with E-state index in [0.29, 0.717) is 25.2 Å². The van der Waals surface area contributed by atoms with Crippen LogP contribution < -0.4 is 0 Å². The van der Waals surface area contributed by atoms with E-state index in [0.717, 1.165) is 4.31 Å². The van der Waals surface area contributed by atoms with Gasteiger partial charge in [0.15, 0.2) is 5.03 Å². The van der Waals surface area contributed by atoms with E-state index in [9.17, 15) is 13.2 Å².